The summed E-state index contributed by atoms with van der Waals surface area (Å²) < 4.78 is 5.45. The summed E-state index contributed by atoms with van der Waals surface area (Å²) in [4.78, 5) is 13.4. The van der Waals surface area contributed by atoms with Gasteiger partial charge in [0.05, 0.1) is 6.61 Å². The van der Waals surface area contributed by atoms with Gasteiger partial charge in [-0.15, -0.1) is 0 Å². The average Bonchev–Trinajstić information content (AvgIpc) is 2.96. The van der Waals surface area contributed by atoms with Gasteiger partial charge in [-0.1, -0.05) is 0 Å². The van der Waals surface area contributed by atoms with E-state index in [1.807, 2.05) is 11.9 Å². The van der Waals surface area contributed by atoms with Crippen LogP contribution in [0.3, 0.4) is 0 Å². The normalized spacial score (nSPS) is 25.5. The fourth-order valence-electron chi connectivity index (χ4n) is 1.94. The lowest BCUT2D eigenvalue weighted by molar-refractivity contribution is -0.135. The topological polar surface area (TPSA) is 41.6 Å². The van der Waals surface area contributed by atoms with Crippen molar-refractivity contribution in [2.24, 2.45) is 5.92 Å². The van der Waals surface area contributed by atoms with Gasteiger partial charge < -0.3 is 15.0 Å². The van der Waals surface area contributed by atoms with Gasteiger partial charge in [0.25, 0.3) is 0 Å². The van der Waals surface area contributed by atoms with Gasteiger partial charge in [0.2, 0.25) is 5.91 Å². The van der Waals surface area contributed by atoms with E-state index in [4.69, 9.17) is 4.74 Å². The molecule has 0 aromatic carbocycles. The predicted octanol–water partition coefficient (Wildman–Crippen LogP) is 0.233. The summed E-state index contributed by atoms with van der Waals surface area (Å²) in [6, 6.07) is 0.495. The number of hydrogen-bond acceptors (Lipinski definition) is 3. The van der Waals surface area contributed by atoms with Crippen molar-refractivity contribution in [1.29, 1.82) is 0 Å². The summed E-state index contributed by atoms with van der Waals surface area (Å²) in [5.41, 5.74) is 0. The fraction of sp³-hybridized carbons (Fsp3) is 0.909. The van der Waals surface area contributed by atoms with Crippen LogP contribution in [0, 0.1) is 5.92 Å². The molecule has 1 saturated heterocycles. The summed E-state index contributed by atoms with van der Waals surface area (Å²) in [6.45, 7) is 3.09. The maximum atomic E-state index is 11.6. The van der Waals surface area contributed by atoms with Crippen molar-refractivity contribution in [2.45, 2.75) is 25.3 Å². The summed E-state index contributed by atoms with van der Waals surface area (Å²) in [7, 11) is 1.88. The molecule has 1 heterocycles. The second kappa shape index (κ2) is 4.94. The highest BCUT2D eigenvalue weighted by atomic mass is 16.5. The van der Waals surface area contributed by atoms with E-state index in [-0.39, 0.29) is 12.5 Å². The molecule has 0 aromatic heterocycles. The molecule has 15 heavy (non-hydrogen) atoms. The van der Waals surface area contributed by atoms with Gasteiger partial charge in [0, 0.05) is 19.6 Å². The van der Waals surface area contributed by atoms with Crippen LogP contribution in [-0.4, -0.2) is 50.2 Å². The van der Waals surface area contributed by atoms with Gasteiger partial charge >= 0.3 is 0 Å². The maximum Gasteiger partial charge on any atom is 0.248 e. The lowest BCUT2D eigenvalue weighted by Crippen LogP contribution is -2.32. The van der Waals surface area contributed by atoms with Crippen LogP contribution < -0.4 is 5.32 Å². The van der Waals surface area contributed by atoms with Crippen molar-refractivity contribution in [3.63, 3.8) is 0 Å². The third-order valence-electron chi connectivity index (χ3n) is 3.23. The summed E-state index contributed by atoms with van der Waals surface area (Å²) in [5, 5.41) is 3.29. The highest BCUT2D eigenvalue weighted by molar-refractivity contribution is 5.77. The van der Waals surface area contributed by atoms with Crippen molar-refractivity contribution in [3.8, 4) is 0 Å². The van der Waals surface area contributed by atoms with Gasteiger partial charge in [-0.25, -0.2) is 0 Å². The van der Waals surface area contributed by atoms with Crippen LogP contribution in [0.1, 0.15) is 19.3 Å². The van der Waals surface area contributed by atoms with Gasteiger partial charge in [0.1, 0.15) is 6.61 Å². The van der Waals surface area contributed by atoms with Crippen molar-refractivity contribution >= 4 is 5.91 Å². The number of carbonyl (C=O) groups is 1. The standard InChI is InChI=1S/C11H20N2O2/c1-13(10-2-3-10)11(14)8-15-7-9-4-5-12-6-9/h9-10,12H,2-8H2,1H3. The smallest absolute Gasteiger partial charge is 0.248 e. The number of carbonyl (C=O) groups excluding carboxylic acids is 1. The fourth-order valence-corrected chi connectivity index (χ4v) is 1.94. The Bertz CT molecular complexity index is 223. The molecule has 2 aliphatic rings. The molecule has 0 aromatic rings. The van der Waals surface area contributed by atoms with E-state index >= 15 is 0 Å². The summed E-state index contributed by atoms with van der Waals surface area (Å²) >= 11 is 0. The molecule has 1 aliphatic heterocycles. The van der Waals surface area contributed by atoms with Crippen LogP contribution in [0.2, 0.25) is 0 Å². The van der Waals surface area contributed by atoms with E-state index in [0.717, 1.165) is 32.5 Å². The van der Waals surface area contributed by atoms with Crippen LogP contribution in [0.4, 0.5) is 0 Å². The molecule has 1 saturated carbocycles. The molecule has 2 rings (SSSR count). The van der Waals surface area contributed by atoms with Gasteiger partial charge in [-0.2, -0.15) is 0 Å². The average molecular weight is 212 g/mol. The van der Waals surface area contributed by atoms with Crippen LogP contribution in [-0.2, 0) is 9.53 Å². The van der Waals surface area contributed by atoms with Crippen molar-refractivity contribution < 1.29 is 9.53 Å². The van der Waals surface area contributed by atoms with Gasteiger partial charge in [-0.3, -0.25) is 4.79 Å². The molecule has 1 aliphatic carbocycles. The van der Waals surface area contributed by atoms with Crippen LogP contribution >= 0.6 is 0 Å². The summed E-state index contributed by atoms with van der Waals surface area (Å²) in [5.74, 6) is 0.729. The first kappa shape index (κ1) is 10.9. The molecule has 1 amide bonds. The molecule has 0 spiro atoms. The minimum atomic E-state index is 0.128. The van der Waals surface area contributed by atoms with Crippen LogP contribution in [0.25, 0.3) is 0 Å². The molecule has 1 atom stereocenters. The van der Waals surface area contributed by atoms with Crippen molar-refractivity contribution in [1.82, 2.24) is 10.2 Å². The highest BCUT2D eigenvalue weighted by Gasteiger charge is 2.29. The second-order valence-corrected chi connectivity index (χ2v) is 4.61. The quantitative estimate of drug-likeness (QED) is 0.709. The van der Waals surface area contributed by atoms with Crippen LogP contribution in [0.15, 0.2) is 0 Å². The number of likely N-dealkylation sites (N-methyl/N-ethyl adjacent to an activating group) is 1. The van der Waals surface area contributed by atoms with Crippen molar-refractivity contribution in [3.05, 3.63) is 0 Å². The van der Waals surface area contributed by atoms with E-state index in [0.29, 0.717) is 12.0 Å². The molecule has 0 bridgehead atoms. The molecule has 0 radical (unpaired) electrons. The number of nitrogens with zero attached hydrogens (tertiary/aromatic N) is 1. The summed E-state index contributed by atoms with van der Waals surface area (Å²) in [6.07, 6.45) is 3.50. The molecule has 4 heteroatoms. The van der Waals surface area contributed by atoms with E-state index in [9.17, 15) is 4.79 Å². The van der Waals surface area contributed by atoms with E-state index in [1.54, 1.807) is 0 Å². The van der Waals surface area contributed by atoms with E-state index in [1.165, 1.54) is 6.42 Å². The minimum Gasteiger partial charge on any atom is -0.371 e. The number of ether oxygens (including phenoxy) is 1. The van der Waals surface area contributed by atoms with Crippen LogP contribution in [0.5, 0.6) is 0 Å². The zero-order chi connectivity index (χ0) is 10.7. The Hall–Kier alpha value is -0.610. The Labute approximate surface area is 91.0 Å². The monoisotopic (exact) mass is 212 g/mol. The first-order chi connectivity index (χ1) is 7.27. The molecular weight excluding hydrogens is 192 g/mol. The second-order valence-electron chi connectivity index (χ2n) is 4.61. The molecular formula is C11H20N2O2. The van der Waals surface area contributed by atoms with Gasteiger partial charge in [-0.05, 0) is 31.7 Å². The lowest BCUT2D eigenvalue weighted by Gasteiger charge is -2.16. The zero-order valence-corrected chi connectivity index (χ0v) is 9.37. The Morgan fingerprint density at radius 1 is 1.47 bits per heavy atom. The van der Waals surface area contributed by atoms with Gasteiger partial charge in [0.15, 0.2) is 0 Å². The number of rotatable bonds is 5. The number of nitrogens with one attached hydrogen (secondary N) is 1. The predicted molar refractivity (Wildman–Crippen MR) is 57.6 cm³/mol. The maximum absolute atomic E-state index is 11.6. The molecule has 1 N–H and O–H groups in total. The molecule has 4 nitrogen and oxygen atoms in total. The Kier molecular flexibility index (Phi) is 3.59. The van der Waals surface area contributed by atoms with Crippen molar-refractivity contribution in [2.75, 3.05) is 33.4 Å². The highest BCUT2D eigenvalue weighted by Crippen LogP contribution is 2.25. The Morgan fingerprint density at radius 3 is 2.87 bits per heavy atom. The molecule has 1 unspecified atom stereocenters. The minimum absolute atomic E-state index is 0.128. The van der Waals surface area contributed by atoms with E-state index in [2.05, 4.69) is 5.32 Å². The number of amides is 1. The third kappa shape index (κ3) is 3.18. The first-order valence-corrected chi connectivity index (χ1v) is 5.81. The third-order valence-corrected chi connectivity index (χ3v) is 3.23. The molecule has 86 valence electrons. The molecule has 2 fully saturated rings. The Morgan fingerprint density at radius 2 is 2.27 bits per heavy atom. The number of hydrogen-bond donors (Lipinski definition) is 1. The zero-order valence-electron chi connectivity index (χ0n) is 9.37. The SMILES string of the molecule is CN(C(=O)COCC1CCNC1)C1CC1. The Balaban J connectivity index is 1.58. The van der Waals surface area contributed by atoms with E-state index < -0.39 is 0 Å². The lowest BCUT2D eigenvalue weighted by atomic mass is 10.1. The largest absolute Gasteiger partial charge is 0.371 e. The first-order valence-electron chi connectivity index (χ1n) is 5.81.